The molecule has 6 heteroatoms. The van der Waals surface area contributed by atoms with Crippen molar-refractivity contribution in [1.29, 1.82) is 0 Å². The largest absolute Gasteiger partial charge is 0.397 e. The second-order valence-corrected chi connectivity index (χ2v) is 4.89. The van der Waals surface area contributed by atoms with Crippen LogP contribution in [0, 0.1) is 0 Å². The zero-order chi connectivity index (χ0) is 14.8. The smallest absolute Gasteiger partial charge is 0.255 e. The normalized spacial score (nSPS) is 10.7. The minimum Gasteiger partial charge on any atom is -0.397 e. The summed E-state index contributed by atoms with van der Waals surface area (Å²) >= 11 is 0. The first-order chi connectivity index (χ1) is 10.1. The third-order valence-electron chi connectivity index (χ3n) is 3.30. The first-order valence-corrected chi connectivity index (χ1v) is 6.53. The number of benzene rings is 1. The molecule has 0 radical (unpaired) electrons. The van der Waals surface area contributed by atoms with Gasteiger partial charge in [0.2, 0.25) is 0 Å². The Hall–Kier alpha value is -2.89. The Labute approximate surface area is 121 Å². The quantitative estimate of drug-likeness (QED) is 0.717. The molecule has 0 aliphatic rings. The van der Waals surface area contributed by atoms with Gasteiger partial charge in [0.05, 0.1) is 29.0 Å². The van der Waals surface area contributed by atoms with Crippen molar-refractivity contribution < 1.29 is 4.79 Å². The number of nitrogens with one attached hydrogen (secondary N) is 1. The zero-order valence-corrected chi connectivity index (χ0v) is 11.6. The number of fused-ring (bicyclic) bond motifs is 1. The van der Waals surface area contributed by atoms with Crippen molar-refractivity contribution in [3.63, 3.8) is 0 Å². The van der Waals surface area contributed by atoms with Gasteiger partial charge in [0.15, 0.2) is 0 Å². The Bertz CT molecular complexity index is 782. The number of nitrogens with zero attached hydrogens (tertiary/aromatic N) is 3. The lowest BCUT2D eigenvalue weighted by Gasteiger charge is -2.16. The van der Waals surface area contributed by atoms with E-state index in [1.165, 1.54) is 0 Å². The molecule has 3 aromatic rings. The van der Waals surface area contributed by atoms with E-state index in [0.29, 0.717) is 23.3 Å². The summed E-state index contributed by atoms with van der Waals surface area (Å²) in [5.74, 6) is -0.0959. The Morgan fingerprint density at radius 2 is 2.24 bits per heavy atom. The number of nitrogen functional groups attached to an aromatic ring is 1. The number of hydrogen-bond donors (Lipinski definition) is 2. The summed E-state index contributed by atoms with van der Waals surface area (Å²) in [6.45, 7) is 0.466. The predicted octanol–water partition coefficient (Wildman–Crippen LogP) is 1.81. The lowest BCUT2D eigenvalue weighted by molar-refractivity contribution is 0.0783. The van der Waals surface area contributed by atoms with E-state index in [2.05, 4.69) is 15.2 Å². The fraction of sp³-hybridized carbons (Fsp3) is 0.133. The maximum Gasteiger partial charge on any atom is 0.255 e. The minimum atomic E-state index is -0.0959. The molecule has 21 heavy (non-hydrogen) atoms. The number of aromatic nitrogens is 3. The second kappa shape index (κ2) is 5.24. The maximum atomic E-state index is 12.4. The molecule has 1 aromatic carbocycles. The van der Waals surface area contributed by atoms with E-state index in [1.54, 1.807) is 30.4 Å². The van der Waals surface area contributed by atoms with Crippen LogP contribution in [0.1, 0.15) is 16.1 Å². The summed E-state index contributed by atoms with van der Waals surface area (Å²) in [5, 5.41) is 7.56. The van der Waals surface area contributed by atoms with E-state index in [9.17, 15) is 4.79 Å². The average Bonchev–Trinajstić information content (AvgIpc) is 2.99. The summed E-state index contributed by atoms with van der Waals surface area (Å²) in [4.78, 5) is 18.3. The second-order valence-electron chi connectivity index (χ2n) is 4.89. The van der Waals surface area contributed by atoms with E-state index in [1.807, 2.05) is 24.3 Å². The number of nitrogens with two attached hydrogens (primary N) is 1. The van der Waals surface area contributed by atoms with E-state index in [0.717, 1.165) is 11.1 Å². The van der Waals surface area contributed by atoms with E-state index >= 15 is 0 Å². The van der Waals surface area contributed by atoms with Crippen molar-refractivity contribution in [2.75, 3.05) is 12.8 Å². The van der Waals surface area contributed by atoms with Gasteiger partial charge in [-0.1, -0.05) is 12.1 Å². The molecule has 0 fully saturated rings. The van der Waals surface area contributed by atoms with Crippen LogP contribution in [-0.4, -0.2) is 33.0 Å². The summed E-state index contributed by atoms with van der Waals surface area (Å²) in [6.07, 6.45) is 3.22. The van der Waals surface area contributed by atoms with Crippen LogP contribution in [0.4, 0.5) is 5.69 Å². The zero-order valence-electron chi connectivity index (χ0n) is 11.6. The third kappa shape index (κ3) is 2.55. The summed E-state index contributed by atoms with van der Waals surface area (Å²) in [5.41, 5.74) is 8.60. The van der Waals surface area contributed by atoms with Gasteiger partial charge < -0.3 is 10.6 Å². The van der Waals surface area contributed by atoms with Crippen LogP contribution < -0.4 is 5.73 Å². The van der Waals surface area contributed by atoms with E-state index < -0.39 is 0 Å². The number of carbonyl (C=O) groups excluding carboxylic acids is 1. The van der Waals surface area contributed by atoms with Crippen molar-refractivity contribution >= 4 is 22.5 Å². The highest BCUT2D eigenvalue weighted by atomic mass is 16.2. The van der Waals surface area contributed by atoms with Crippen LogP contribution in [0.5, 0.6) is 0 Å². The highest BCUT2D eigenvalue weighted by Crippen LogP contribution is 2.20. The molecule has 2 aromatic heterocycles. The van der Waals surface area contributed by atoms with Crippen LogP contribution in [0.2, 0.25) is 0 Å². The topological polar surface area (TPSA) is 87.9 Å². The van der Waals surface area contributed by atoms with Crippen molar-refractivity contribution in [3.05, 3.63) is 54.0 Å². The van der Waals surface area contributed by atoms with Crippen molar-refractivity contribution in [3.8, 4) is 0 Å². The predicted molar refractivity (Wildman–Crippen MR) is 80.5 cm³/mol. The Morgan fingerprint density at radius 1 is 1.38 bits per heavy atom. The average molecular weight is 281 g/mol. The molecule has 0 unspecified atom stereocenters. The molecule has 0 saturated heterocycles. The first kappa shape index (κ1) is 13.1. The molecule has 6 nitrogen and oxygen atoms in total. The number of para-hydroxylation sites is 1. The van der Waals surface area contributed by atoms with Crippen LogP contribution >= 0.6 is 0 Å². The molecular weight excluding hydrogens is 266 g/mol. The summed E-state index contributed by atoms with van der Waals surface area (Å²) in [6, 6.07) is 9.18. The third-order valence-corrected chi connectivity index (χ3v) is 3.30. The van der Waals surface area contributed by atoms with Gasteiger partial charge in [-0.15, -0.1) is 0 Å². The molecule has 0 bridgehead atoms. The van der Waals surface area contributed by atoms with Gasteiger partial charge >= 0.3 is 0 Å². The Morgan fingerprint density at radius 3 is 3.00 bits per heavy atom. The van der Waals surface area contributed by atoms with Gasteiger partial charge in [0, 0.05) is 24.8 Å². The van der Waals surface area contributed by atoms with Gasteiger partial charge in [-0.05, 0) is 18.2 Å². The fourth-order valence-electron chi connectivity index (χ4n) is 2.22. The number of aromatic amines is 1. The van der Waals surface area contributed by atoms with Crippen LogP contribution in [-0.2, 0) is 6.54 Å². The van der Waals surface area contributed by atoms with Gasteiger partial charge in [-0.2, -0.15) is 5.10 Å². The minimum absolute atomic E-state index is 0.0959. The molecule has 2 heterocycles. The molecule has 106 valence electrons. The number of amides is 1. The Kier molecular flexibility index (Phi) is 3.27. The number of carbonyl (C=O) groups is 1. The number of pyridine rings is 1. The molecule has 0 spiro atoms. The molecule has 0 aliphatic heterocycles. The number of hydrogen-bond acceptors (Lipinski definition) is 4. The summed E-state index contributed by atoms with van der Waals surface area (Å²) < 4.78 is 0. The number of rotatable bonds is 3. The monoisotopic (exact) mass is 281 g/mol. The van der Waals surface area contributed by atoms with Gasteiger partial charge in [0.1, 0.15) is 0 Å². The van der Waals surface area contributed by atoms with Crippen molar-refractivity contribution in [1.82, 2.24) is 20.1 Å². The standard InChI is InChI=1S/C15H15N5O/c1-20(9-12-5-6-18-19-12)15(21)11-7-10-3-2-4-13(16)14(10)17-8-11/h2-8H,9,16H2,1H3,(H,18,19). The SMILES string of the molecule is CN(Cc1ccn[nH]1)C(=O)c1cnc2c(N)cccc2c1. The Balaban J connectivity index is 1.87. The first-order valence-electron chi connectivity index (χ1n) is 6.53. The molecule has 0 saturated carbocycles. The molecular formula is C15H15N5O. The van der Waals surface area contributed by atoms with E-state index in [4.69, 9.17) is 5.73 Å². The lowest BCUT2D eigenvalue weighted by atomic mass is 10.1. The highest BCUT2D eigenvalue weighted by Gasteiger charge is 2.14. The van der Waals surface area contributed by atoms with Gasteiger partial charge in [-0.3, -0.25) is 14.9 Å². The fourth-order valence-corrected chi connectivity index (χ4v) is 2.22. The highest BCUT2D eigenvalue weighted by molar-refractivity contribution is 5.99. The van der Waals surface area contributed by atoms with E-state index in [-0.39, 0.29) is 5.91 Å². The van der Waals surface area contributed by atoms with Gasteiger partial charge in [-0.25, -0.2) is 0 Å². The van der Waals surface area contributed by atoms with Crippen LogP contribution in [0.25, 0.3) is 10.9 Å². The molecule has 3 N–H and O–H groups in total. The van der Waals surface area contributed by atoms with Crippen molar-refractivity contribution in [2.45, 2.75) is 6.54 Å². The van der Waals surface area contributed by atoms with Crippen molar-refractivity contribution in [2.24, 2.45) is 0 Å². The van der Waals surface area contributed by atoms with Crippen LogP contribution in [0.3, 0.4) is 0 Å². The van der Waals surface area contributed by atoms with Gasteiger partial charge in [0.25, 0.3) is 5.91 Å². The number of H-pyrrole nitrogens is 1. The molecule has 0 atom stereocenters. The maximum absolute atomic E-state index is 12.4. The van der Waals surface area contributed by atoms with Crippen LogP contribution in [0.15, 0.2) is 42.7 Å². The lowest BCUT2D eigenvalue weighted by Crippen LogP contribution is -2.26. The molecule has 0 aliphatic carbocycles. The number of anilines is 1. The molecule has 1 amide bonds. The molecule has 3 rings (SSSR count). The summed E-state index contributed by atoms with van der Waals surface area (Å²) in [7, 11) is 1.74.